The normalized spacial score (nSPS) is 18.4. The number of likely N-dealkylation sites (N-methyl/N-ethyl adjacent to an activating group) is 1. The van der Waals surface area contributed by atoms with Gasteiger partial charge in [0.1, 0.15) is 6.04 Å². The number of hydrogen-bond acceptors (Lipinski definition) is 4. The Labute approximate surface area is 111 Å². The van der Waals surface area contributed by atoms with E-state index >= 15 is 0 Å². The van der Waals surface area contributed by atoms with Crippen molar-refractivity contribution in [1.29, 1.82) is 0 Å². The van der Waals surface area contributed by atoms with Crippen LogP contribution in [0.4, 0.5) is 5.69 Å². The number of hydrogen-bond donors (Lipinski definition) is 2. The van der Waals surface area contributed by atoms with Crippen LogP contribution in [0.5, 0.6) is 0 Å². The summed E-state index contributed by atoms with van der Waals surface area (Å²) in [5.41, 5.74) is 6.83. The van der Waals surface area contributed by atoms with E-state index in [9.17, 15) is 9.59 Å². The van der Waals surface area contributed by atoms with Crippen LogP contribution in [0.3, 0.4) is 0 Å². The van der Waals surface area contributed by atoms with E-state index < -0.39 is 12.0 Å². The number of carboxylic acid groups (broad SMARTS) is 1. The summed E-state index contributed by atoms with van der Waals surface area (Å²) < 4.78 is 0. The number of aliphatic carboxylic acids is 1. The molecular formula is C13H17N3O3. The molecule has 1 atom stereocenters. The molecule has 2 rings (SSSR count). The molecule has 0 aromatic heterocycles. The summed E-state index contributed by atoms with van der Waals surface area (Å²) >= 11 is 0. The van der Waals surface area contributed by atoms with Gasteiger partial charge in [-0.3, -0.25) is 14.5 Å². The van der Waals surface area contributed by atoms with E-state index in [4.69, 9.17) is 10.8 Å². The summed E-state index contributed by atoms with van der Waals surface area (Å²) in [7, 11) is 1.91. The Balaban J connectivity index is 2.14. The van der Waals surface area contributed by atoms with Crippen LogP contribution in [0, 0.1) is 0 Å². The first-order valence-electron chi connectivity index (χ1n) is 6.06. The summed E-state index contributed by atoms with van der Waals surface area (Å²) in [4.78, 5) is 26.3. The second-order valence-electron chi connectivity index (χ2n) is 4.69. The highest BCUT2D eigenvalue weighted by Gasteiger charge is 2.23. The van der Waals surface area contributed by atoms with Crippen molar-refractivity contribution in [3.05, 3.63) is 29.8 Å². The second-order valence-corrected chi connectivity index (χ2v) is 4.69. The maximum absolute atomic E-state index is 11.9. The van der Waals surface area contributed by atoms with Crippen LogP contribution in [0.25, 0.3) is 0 Å². The third-order valence-corrected chi connectivity index (χ3v) is 3.24. The highest BCUT2D eigenvalue weighted by molar-refractivity contribution is 5.95. The quantitative estimate of drug-likeness (QED) is 0.804. The van der Waals surface area contributed by atoms with E-state index in [0.717, 1.165) is 12.2 Å². The van der Waals surface area contributed by atoms with E-state index in [1.165, 1.54) is 0 Å². The SMILES string of the molecule is CN1CCN(c2ccc(C(N)C(=O)O)cc2)C(=O)C1. The average Bonchev–Trinajstić information content (AvgIpc) is 2.38. The number of carboxylic acids is 1. The lowest BCUT2D eigenvalue weighted by atomic mass is 10.1. The van der Waals surface area contributed by atoms with Gasteiger partial charge in [-0.25, -0.2) is 0 Å². The van der Waals surface area contributed by atoms with Crippen molar-refractivity contribution in [1.82, 2.24) is 4.90 Å². The van der Waals surface area contributed by atoms with E-state index in [-0.39, 0.29) is 5.91 Å². The van der Waals surface area contributed by atoms with Crippen LogP contribution < -0.4 is 10.6 Å². The lowest BCUT2D eigenvalue weighted by Gasteiger charge is -2.32. The smallest absolute Gasteiger partial charge is 0.325 e. The topological polar surface area (TPSA) is 86.9 Å². The molecule has 0 spiro atoms. The first kappa shape index (κ1) is 13.5. The van der Waals surface area contributed by atoms with Gasteiger partial charge in [-0.2, -0.15) is 0 Å². The molecule has 1 amide bonds. The summed E-state index contributed by atoms with van der Waals surface area (Å²) in [6, 6.07) is 5.75. The fourth-order valence-corrected chi connectivity index (χ4v) is 2.07. The molecule has 1 saturated heterocycles. The zero-order valence-corrected chi connectivity index (χ0v) is 10.7. The molecule has 1 aliphatic heterocycles. The lowest BCUT2D eigenvalue weighted by Crippen LogP contribution is -2.48. The summed E-state index contributed by atoms with van der Waals surface area (Å²) in [5.74, 6) is -1.02. The van der Waals surface area contributed by atoms with Gasteiger partial charge < -0.3 is 15.7 Å². The molecule has 3 N–H and O–H groups in total. The maximum Gasteiger partial charge on any atom is 0.325 e. The standard InChI is InChI=1S/C13H17N3O3/c1-15-6-7-16(11(17)8-15)10-4-2-9(3-5-10)12(14)13(18)19/h2-5,12H,6-8,14H2,1H3,(H,18,19). The Bertz CT molecular complexity index is 486. The van der Waals surface area contributed by atoms with Crippen molar-refractivity contribution in [3.63, 3.8) is 0 Å². The molecule has 0 radical (unpaired) electrons. The molecule has 1 aromatic rings. The molecule has 19 heavy (non-hydrogen) atoms. The number of rotatable bonds is 3. The van der Waals surface area contributed by atoms with Crippen molar-refractivity contribution in [3.8, 4) is 0 Å². The molecule has 6 nitrogen and oxygen atoms in total. The molecule has 1 aliphatic rings. The maximum atomic E-state index is 11.9. The minimum atomic E-state index is -1.07. The van der Waals surface area contributed by atoms with Crippen molar-refractivity contribution in [2.75, 3.05) is 31.6 Å². The van der Waals surface area contributed by atoms with E-state index in [0.29, 0.717) is 18.7 Å². The molecule has 0 aliphatic carbocycles. The first-order chi connectivity index (χ1) is 8.99. The molecule has 0 bridgehead atoms. The van der Waals surface area contributed by atoms with Crippen LogP contribution in [0.15, 0.2) is 24.3 Å². The number of benzene rings is 1. The van der Waals surface area contributed by atoms with Crippen LogP contribution >= 0.6 is 0 Å². The largest absolute Gasteiger partial charge is 0.480 e. The zero-order chi connectivity index (χ0) is 14.0. The molecular weight excluding hydrogens is 246 g/mol. The summed E-state index contributed by atoms with van der Waals surface area (Å²) in [5, 5.41) is 8.83. The van der Waals surface area contributed by atoms with E-state index in [2.05, 4.69) is 0 Å². The van der Waals surface area contributed by atoms with Crippen LogP contribution in [-0.4, -0.2) is 48.6 Å². The number of carbonyl (C=O) groups is 2. The zero-order valence-electron chi connectivity index (χ0n) is 10.7. The molecule has 1 fully saturated rings. The Kier molecular flexibility index (Phi) is 3.82. The van der Waals surface area contributed by atoms with Gasteiger partial charge in [-0.05, 0) is 24.7 Å². The molecule has 102 valence electrons. The van der Waals surface area contributed by atoms with Crippen LogP contribution in [0.2, 0.25) is 0 Å². The molecule has 6 heteroatoms. The monoisotopic (exact) mass is 263 g/mol. The van der Waals surface area contributed by atoms with Crippen molar-refractivity contribution in [2.24, 2.45) is 5.73 Å². The van der Waals surface area contributed by atoms with Crippen molar-refractivity contribution >= 4 is 17.6 Å². The number of nitrogens with zero attached hydrogens (tertiary/aromatic N) is 2. The van der Waals surface area contributed by atoms with Gasteiger partial charge >= 0.3 is 5.97 Å². The van der Waals surface area contributed by atoms with E-state index in [1.54, 1.807) is 29.2 Å². The fraction of sp³-hybridized carbons (Fsp3) is 0.385. The molecule has 1 aromatic carbocycles. The van der Waals surface area contributed by atoms with Crippen molar-refractivity contribution in [2.45, 2.75) is 6.04 Å². The minimum Gasteiger partial charge on any atom is -0.480 e. The predicted molar refractivity (Wildman–Crippen MR) is 70.9 cm³/mol. The number of carbonyl (C=O) groups excluding carboxylic acids is 1. The van der Waals surface area contributed by atoms with Gasteiger partial charge in [0.25, 0.3) is 0 Å². The number of nitrogens with two attached hydrogens (primary N) is 1. The molecule has 0 saturated carbocycles. The third kappa shape index (κ3) is 2.91. The van der Waals surface area contributed by atoms with Crippen LogP contribution in [-0.2, 0) is 9.59 Å². The number of amides is 1. The Hall–Kier alpha value is -1.92. The van der Waals surface area contributed by atoms with Crippen molar-refractivity contribution < 1.29 is 14.7 Å². The lowest BCUT2D eigenvalue weighted by molar-refractivity contribution is -0.138. The Morgan fingerprint density at radius 3 is 2.47 bits per heavy atom. The van der Waals surface area contributed by atoms with Gasteiger partial charge in [0.15, 0.2) is 0 Å². The third-order valence-electron chi connectivity index (χ3n) is 3.24. The summed E-state index contributed by atoms with van der Waals surface area (Å²) in [6.45, 7) is 1.86. The molecule has 1 heterocycles. The second kappa shape index (κ2) is 5.38. The van der Waals surface area contributed by atoms with Crippen LogP contribution in [0.1, 0.15) is 11.6 Å². The van der Waals surface area contributed by atoms with Gasteiger partial charge in [0, 0.05) is 18.8 Å². The van der Waals surface area contributed by atoms with Gasteiger partial charge in [-0.15, -0.1) is 0 Å². The Morgan fingerprint density at radius 2 is 1.95 bits per heavy atom. The summed E-state index contributed by atoms with van der Waals surface area (Å²) in [6.07, 6.45) is 0. The highest BCUT2D eigenvalue weighted by atomic mass is 16.4. The first-order valence-corrected chi connectivity index (χ1v) is 6.06. The van der Waals surface area contributed by atoms with E-state index in [1.807, 2.05) is 11.9 Å². The highest BCUT2D eigenvalue weighted by Crippen LogP contribution is 2.20. The fourth-order valence-electron chi connectivity index (χ4n) is 2.07. The Morgan fingerprint density at radius 1 is 1.32 bits per heavy atom. The molecule has 1 unspecified atom stereocenters. The predicted octanol–water partition coefficient (Wildman–Crippen LogP) is 0.0494. The number of anilines is 1. The minimum absolute atomic E-state index is 0.0454. The number of piperazine rings is 1. The van der Waals surface area contributed by atoms with Gasteiger partial charge in [0.2, 0.25) is 5.91 Å². The van der Waals surface area contributed by atoms with Gasteiger partial charge in [0.05, 0.1) is 6.54 Å². The average molecular weight is 263 g/mol. The van der Waals surface area contributed by atoms with Gasteiger partial charge in [-0.1, -0.05) is 12.1 Å².